The summed E-state index contributed by atoms with van der Waals surface area (Å²) >= 11 is 0. The van der Waals surface area contributed by atoms with Crippen molar-refractivity contribution >= 4 is 12.1 Å². The standard InChI is InChI=1S/C18H15N3O3/c1-23-16-4-2-3-13(9-16)10-20-21-18(22)15-7-5-14(6-8-15)17-11-19-12-24-17/h2-12H,1H3,(H,21,22). The monoisotopic (exact) mass is 321 g/mol. The van der Waals surface area contributed by atoms with Crippen molar-refractivity contribution < 1.29 is 13.9 Å². The first-order chi connectivity index (χ1) is 11.8. The van der Waals surface area contributed by atoms with Crippen molar-refractivity contribution in [2.75, 3.05) is 7.11 Å². The van der Waals surface area contributed by atoms with Gasteiger partial charge in [-0.2, -0.15) is 5.10 Å². The molecule has 0 aliphatic heterocycles. The highest BCUT2D eigenvalue weighted by Crippen LogP contribution is 2.18. The summed E-state index contributed by atoms with van der Waals surface area (Å²) in [5.74, 6) is 1.09. The van der Waals surface area contributed by atoms with Crippen LogP contribution < -0.4 is 10.2 Å². The van der Waals surface area contributed by atoms with Crippen molar-refractivity contribution in [3.05, 3.63) is 72.2 Å². The first-order valence-corrected chi connectivity index (χ1v) is 7.22. The molecule has 0 saturated carbocycles. The van der Waals surface area contributed by atoms with E-state index in [-0.39, 0.29) is 5.91 Å². The zero-order valence-electron chi connectivity index (χ0n) is 13.0. The molecular formula is C18H15N3O3. The van der Waals surface area contributed by atoms with Crippen LogP contribution in [-0.2, 0) is 0 Å². The molecule has 24 heavy (non-hydrogen) atoms. The molecule has 0 saturated heterocycles. The summed E-state index contributed by atoms with van der Waals surface area (Å²) in [6, 6.07) is 14.4. The van der Waals surface area contributed by atoms with Crippen LogP contribution in [-0.4, -0.2) is 24.2 Å². The van der Waals surface area contributed by atoms with Crippen LogP contribution in [0.3, 0.4) is 0 Å². The van der Waals surface area contributed by atoms with Crippen molar-refractivity contribution in [3.8, 4) is 17.1 Å². The maximum absolute atomic E-state index is 12.1. The number of ether oxygens (including phenoxy) is 1. The van der Waals surface area contributed by atoms with Crippen LogP contribution in [0.15, 0.2) is 70.6 Å². The first kappa shape index (κ1) is 15.5. The Morgan fingerprint density at radius 1 is 1.25 bits per heavy atom. The second kappa shape index (κ2) is 7.23. The molecule has 2 aromatic carbocycles. The van der Waals surface area contributed by atoms with Crippen LogP contribution in [0.4, 0.5) is 0 Å². The Bertz CT molecular complexity index is 840. The van der Waals surface area contributed by atoms with Crippen LogP contribution in [0.2, 0.25) is 0 Å². The predicted molar refractivity (Wildman–Crippen MR) is 90.0 cm³/mol. The lowest BCUT2D eigenvalue weighted by Gasteiger charge is -2.02. The number of rotatable bonds is 5. The SMILES string of the molecule is COc1cccc(C=NNC(=O)c2ccc(-c3cnco3)cc2)c1. The largest absolute Gasteiger partial charge is 0.497 e. The Labute approximate surface area is 138 Å². The molecule has 1 N–H and O–H groups in total. The van der Waals surface area contributed by atoms with Crippen molar-refractivity contribution in [2.24, 2.45) is 5.10 Å². The van der Waals surface area contributed by atoms with Gasteiger partial charge < -0.3 is 9.15 Å². The number of aromatic nitrogens is 1. The van der Waals surface area contributed by atoms with Gasteiger partial charge in [-0.3, -0.25) is 4.79 Å². The molecule has 1 heterocycles. The van der Waals surface area contributed by atoms with E-state index >= 15 is 0 Å². The Kier molecular flexibility index (Phi) is 4.67. The third-order valence-electron chi connectivity index (χ3n) is 3.34. The average molecular weight is 321 g/mol. The van der Waals surface area contributed by atoms with Gasteiger partial charge in [-0.15, -0.1) is 0 Å². The van der Waals surface area contributed by atoms with Crippen molar-refractivity contribution in [2.45, 2.75) is 0 Å². The summed E-state index contributed by atoms with van der Waals surface area (Å²) in [6.45, 7) is 0. The van der Waals surface area contributed by atoms with E-state index in [1.165, 1.54) is 6.39 Å². The van der Waals surface area contributed by atoms with Crippen molar-refractivity contribution in [1.82, 2.24) is 10.4 Å². The third kappa shape index (κ3) is 3.67. The maximum Gasteiger partial charge on any atom is 0.271 e. The molecule has 0 unspecified atom stereocenters. The number of nitrogens with zero attached hydrogens (tertiary/aromatic N) is 2. The van der Waals surface area contributed by atoms with Gasteiger partial charge in [0.2, 0.25) is 0 Å². The second-order valence-corrected chi connectivity index (χ2v) is 4.92. The fourth-order valence-corrected chi connectivity index (χ4v) is 2.10. The topological polar surface area (TPSA) is 76.7 Å². The van der Waals surface area contributed by atoms with Crippen molar-refractivity contribution in [1.29, 1.82) is 0 Å². The van der Waals surface area contributed by atoms with Gasteiger partial charge in [0.25, 0.3) is 5.91 Å². The number of hydrazone groups is 1. The number of methoxy groups -OCH3 is 1. The minimum absolute atomic E-state index is 0.293. The van der Waals surface area contributed by atoms with E-state index in [1.807, 2.05) is 24.3 Å². The quantitative estimate of drug-likeness (QED) is 0.578. The van der Waals surface area contributed by atoms with Gasteiger partial charge in [0.05, 0.1) is 19.5 Å². The van der Waals surface area contributed by atoms with E-state index in [2.05, 4.69) is 15.5 Å². The number of benzene rings is 2. The molecule has 0 radical (unpaired) electrons. The van der Waals surface area contributed by atoms with Crippen LogP contribution in [0.1, 0.15) is 15.9 Å². The Balaban J connectivity index is 1.63. The molecular weight excluding hydrogens is 306 g/mol. The summed E-state index contributed by atoms with van der Waals surface area (Å²) in [7, 11) is 1.60. The molecule has 3 rings (SSSR count). The third-order valence-corrected chi connectivity index (χ3v) is 3.34. The smallest absolute Gasteiger partial charge is 0.271 e. The summed E-state index contributed by atoms with van der Waals surface area (Å²) in [5, 5.41) is 3.96. The van der Waals surface area contributed by atoms with E-state index in [4.69, 9.17) is 9.15 Å². The average Bonchev–Trinajstić information content (AvgIpc) is 3.16. The highest BCUT2D eigenvalue weighted by atomic mass is 16.5. The highest BCUT2D eigenvalue weighted by Gasteiger charge is 2.06. The molecule has 0 aliphatic carbocycles. The van der Waals surface area contributed by atoms with Crippen LogP contribution >= 0.6 is 0 Å². The fourth-order valence-electron chi connectivity index (χ4n) is 2.10. The summed E-state index contributed by atoms with van der Waals surface area (Å²) in [5.41, 5.74) is 4.67. The number of oxazole rings is 1. The molecule has 0 fully saturated rings. The molecule has 0 bridgehead atoms. The molecule has 1 aromatic heterocycles. The van der Waals surface area contributed by atoms with E-state index in [9.17, 15) is 4.79 Å². The lowest BCUT2D eigenvalue weighted by atomic mass is 10.1. The Morgan fingerprint density at radius 3 is 2.79 bits per heavy atom. The van der Waals surface area contributed by atoms with Crippen LogP contribution in [0.5, 0.6) is 5.75 Å². The van der Waals surface area contributed by atoms with Gasteiger partial charge in [0.15, 0.2) is 12.2 Å². The Morgan fingerprint density at radius 2 is 2.08 bits per heavy atom. The van der Waals surface area contributed by atoms with Gasteiger partial charge in [-0.05, 0) is 29.8 Å². The lowest BCUT2D eigenvalue weighted by Crippen LogP contribution is -2.17. The van der Waals surface area contributed by atoms with E-state index < -0.39 is 0 Å². The highest BCUT2D eigenvalue weighted by molar-refractivity contribution is 5.95. The van der Waals surface area contributed by atoms with E-state index in [1.54, 1.807) is 43.8 Å². The number of amides is 1. The second-order valence-electron chi connectivity index (χ2n) is 4.92. The number of nitrogens with one attached hydrogen (secondary N) is 1. The molecule has 0 spiro atoms. The lowest BCUT2D eigenvalue weighted by molar-refractivity contribution is 0.0955. The molecule has 6 nitrogen and oxygen atoms in total. The Hall–Kier alpha value is -3.41. The van der Waals surface area contributed by atoms with Gasteiger partial charge >= 0.3 is 0 Å². The van der Waals surface area contributed by atoms with Gasteiger partial charge in [-0.1, -0.05) is 24.3 Å². The van der Waals surface area contributed by atoms with E-state index in [0.717, 1.165) is 16.9 Å². The zero-order chi connectivity index (χ0) is 16.8. The molecule has 120 valence electrons. The van der Waals surface area contributed by atoms with Gasteiger partial charge in [0, 0.05) is 11.1 Å². The number of carbonyl (C=O) groups excluding carboxylic acids is 1. The van der Waals surface area contributed by atoms with Gasteiger partial charge in [-0.25, -0.2) is 10.4 Å². The number of hydrogen-bond donors (Lipinski definition) is 1. The number of hydrogen-bond acceptors (Lipinski definition) is 5. The molecule has 3 aromatic rings. The summed E-state index contributed by atoms with van der Waals surface area (Å²) < 4.78 is 10.3. The van der Waals surface area contributed by atoms with Crippen LogP contribution in [0.25, 0.3) is 11.3 Å². The molecule has 1 amide bonds. The first-order valence-electron chi connectivity index (χ1n) is 7.22. The van der Waals surface area contributed by atoms with Crippen molar-refractivity contribution in [3.63, 3.8) is 0 Å². The zero-order valence-corrected chi connectivity index (χ0v) is 13.0. The normalized spacial score (nSPS) is 10.7. The summed E-state index contributed by atoms with van der Waals surface area (Å²) in [6.07, 6.45) is 4.54. The number of carbonyl (C=O) groups is 1. The maximum atomic E-state index is 12.1. The fraction of sp³-hybridized carbons (Fsp3) is 0.0556. The van der Waals surface area contributed by atoms with Gasteiger partial charge in [0.1, 0.15) is 5.75 Å². The van der Waals surface area contributed by atoms with E-state index in [0.29, 0.717) is 11.3 Å². The summed E-state index contributed by atoms with van der Waals surface area (Å²) in [4.78, 5) is 15.9. The molecule has 0 aliphatic rings. The van der Waals surface area contributed by atoms with Crippen LogP contribution in [0, 0.1) is 0 Å². The minimum atomic E-state index is -0.293. The minimum Gasteiger partial charge on any atom is -0.497 e. The molecule has 0 atom stereocenters. The molecule has 6 heteroatoms. The predicted octanol–water partition coefficient (Wildman–Crippen LogP) is 3.11.